The number of H-pyrrole nitrogens is 1. The summed E-state index contributed by atoms with van der Waals surface area (Å²) >= 11 is 0. The zero-order valence-electron chi connectivity index (χ0n) is 15.2. The van der Waals surface area contributed by atoms with E-state index in [1.165, 1.54) is 6.33 Å². The van der Waals surface area contributed by atoms with Gasteiger partial charge in [0.2, 0.25) is 0 Å². The molecule has 7 nitrogen and oxygen atoms in total. The van der Waals surface area contributed by atoms with Crippen LogP contribution in [0.2, 0.25) is 0 Å². The Balaban J connectivity index is 1.57. The Morgan fingerprint density at radius 1 is 0.929 bits per heavy atom. The fourth-order valence-corrected chi connectivity index (χ4v) is 2.55. The lowest BCUT2D eigenvalue weighted by atomic mass is 10.1. The van der Waals surface area contributed by atoms with Crippen LogP contribution in [-0.2, 0) is 33.9 Å². The van der Waals surface area contributed by atoms with Crippen LogP contribution in [0.4, 0.5) is 4.79 Å². The highest BCUT2D eigenvalue weighted by molar-refractivity contribution is 5.81. The second-order valence-electron chi connectivity index (χ2n) is 6.13. The number of rotatable bonds is 8. The summed E-state index contributed by atoms with van der Waals surface area (Å²) in [6, 6.07) is 17.7. The molecule has 2 aromatic carbocycles. The molecule has 0 saturated heterocycles. The Kier molecular flexibility index (Phi) is 6.78. The molecule has 3 aromatic rings. The van der Waals surface area contributed by atoms with Gasteiger partial charge in [-0.3, -0.25) is 0 Å². The lowest BCUT2D eigenvalue weighted by Gasteiger charge is -2.17. The van der Waals surface area contributed by atoms with Crippen molar-refractivity contribution in [3.05, 3.63) is 90.0 Å². The molecule has 0 unspecified atom stereocenters. The predicted molar refractivity (Wildman–Crippen MR) is 102 cm³/mol. The molecule has 0 saturated carbocycles. The van der Waals surface area contributed by atoms with Crippen molar-refractivity contribution in [1.82, 2.24) is 15.3 Å². The number of nitrogens with zero attached hydrogens (tertiary/aromatic N) is 1. The maximum atomic E-state index is 12.5. The van der Waals surface area contributed by atoms with Crippen molar-refractivity contribution in [2.45, 2.75) is 25.7 Å². The monoisotopic (exact) mass is 379 g/mol. The maximum absolute atomic E-state index is 12.5. The van der Waals surface area contributed by atoms with Gasteiger partial charge in [-0.1, -0.05) is 60.7 Å². The second-order valence-corrected chi connectivity index (χ2v) is 6.13. The van der Waals surface area contributed by atoms with Gasteiger partial charge in [-0.25, -0.2) is 14.6 Å². The molecule has 1 atom stereocenters. The van der Waals surface area contributed by atoms with Crippen LogP contribution in [-0.4, -0.2) is 28.1 Å². The highest BCUT2D eigenvalue weighted by Gasteiger charge is 2.24. The van der Waals surface area contributed by atoms with Crippen LogP contribution in [0.5, 0.6) is 0 Å². The summed E-state index contributed by atoms with van der Waals surface area (Å²) in [7, 11) is 0. The van der Waals surface area contributed by atoms with Crippen LogP contribution in [0.15, 0.2) is 73.2 Å². The molecule has 0 aliphatic rings. The molecular formula is C21H21N3O4. The number of imidazole rings is 1. The van der Waals surface area contributed by atoms with Crippen molar-refractivity contribution in [2.75, 3.05) is 0 Å². The zero-order valence-corrected chi connectivity index (χ0v) is 15.2. The summed E-state index contributed by atoms with van der Waals surface area (Å²) in [5.41, 5.74) is 2.42. The first-order valence-corrected chi connectivity index (χ1v) is 8.86. The lowest BCUT2D eigenvalue weighted by Crippen LogP contribution is -2.43. The number of nitrogens with one attached hydrogen (secondary N) is 2. The van der Waals surface area contributed by atoms with Gasteiger partial charge in [0.05, 0.1) is 6.33 Å². The average Bonchev–Trinajstić information content (AvgIpc) is 3.25. The van der Waals surface area contributed by atoms with Crippen LogP contribution in [0.3, 0.4) is 0 Å². The SMILES string of the molecule is O=C(N[C@@H](Cc1cnc[nH]1)C(=O)OCc1ccccc1)OCc1ccccc1. The van der Waals surface area contributed by atoms with Crippen molar-refractivity contribution >= 4 is 12.1 Å². The highest BCUT2D eigenvalue weighted by atomic mass is 16.6. The number of benzene rings is 2. The van der Waals surface area contributed by atoms with Gasteiger partial charge in [0.25, 0.3) is 0 Å². The van der Waals surface area contributed by atoms with E-state index >= 15 is 0 Å². The molecule has 2 N–H and O–H groups in total. The van der Waals surface area contributed by atoms with Gasteiger partial charge in [-0.15, -0.1) is 0 Å². The van der Waals surface area contributed by atoms with Gasteiger partial charge >= 0.3 is 12.1 Å². The minimum atomic E-state index is -0.896. The van der Waals surface area contributed by atoms with Crippen molar-refractivity contribution < 1.29 is 19.1 Å². The quantitative estimate of drug-likeness (QED) is 0.587. The number of carbonyl (C=O) groups is 2. The van der Waals surface area contributed by atoms with E-state index in [4.69, 9.17) is 9.47 Å². The number of hydrogen-bond acceptors (Lipinski definition) is 5. The average molecular weight is 379 g/mol. The van der Waals surface area contributed by atoms with Gasteiger partial charge in [0.15, 0.2) is 0 Å². The van der Waals surface area contributed by atoms with Gasteiger partial charge in [0.1, 0.15) is 19.3 Å². The second kappa shape index (κ2) is 9.91. The fourth-order valence-electron chi connectivity index (χ4n) is 2.55. The van der Waals surface area contributed by atoms with Crippen molar-refractivity contribution in [3.8, 4) is 0 Å². The third kappa shape index (κ3) is 5.98. The van der Waals surface area contributed by atoms with E-state index < -0.39 is 18.1 Å². The fraction of sp³-hybridized carbons (Fsp3) is 0.190. The van der Waals surface area contributed by atoms with Crippen LogP contribution in [0.1, 0.15) is 16.8 Å². The largest absolute Gasteiger partial charge is 0.459 e. The predicted octanol–water partition coefficient (Wildman–Crippen LogP) is 2.99. The first-order chi connectivity index (χ1) is 13.7. The summed E-state index contributed by atoms with van der Waals surface area (Å²) in [6.45, 7) is 0.238. The molecule has 144 valence electrons. The topological polar surface area (TPSA) is 93.3 Å². The highest BCUT2D eigenvalue weighted by Crippen LogP contribution is 2.06. The number of hydrogen-bond donors (Lipinski definition) is 2. The number of aromatic nitrogens is 2. The van der Waals surface area contributed by atoms with Crippen molar-refractivity contribution in [2.24, 2.45) is 0 Å². The number of ether oxygens (including phenoxy) is 2. The van der Waals surface area contributed by atoms with E-state index in [0.717, 1.165) is 11.1 Å². The van der Waals surface area contributed by atoms with Crippen LogP contribution < -0.4 is 5.32 Å². The number of aromatic amines is 1. The lowest BCUT2D eigenvalue weighted by molar-refractivity contribution is -0.147. The Bertz CT molecular complexity index is 867. The molecule has 0 radical (unpaired) electrons. The van der Waals surface area contributed by atoms with E-state index in [0.29, 0.717) is 5.69 Å². The standard InChI is InChI=1S/C21H21N3O4/c25-20(27-13-16-7-3-1-4-8-16)19(11-18-12-22-15-23-18)24-21(26)28-14-17-9-5-2-6-10-17/h1-10,12,15,19H,11,13-14H2,(H,22,23)(H,24,26)/t19-/m0/s1. The zero-order chi connectivity index (χ0) is 19.6. The third-order valence-corrected chi connectivity index (χ3v) is 3.99. The first kappa shape index (κ1) is 19.2. The molecule has 3 rings (SSSR count). The van der Waals surface area contributed by atoms with Crippen LogP contribution in [0, 0.1) is 0 Å². The van der Waals surface area contributed by atoms with Gasteiger partial charge < -0.3 is 19.8 Å². The van der Waals surface area contributed by atoms with Gasteiger partial charge in [0, 0.05) is 18.3 Å². The molecule has 0 fully saturated rings. The molecule has 0 aliphatic heterocycles. The van der Waals surface area contributed by atoms with E-state index in [1.807, 2.05) is 60.7 Å². The van der Waals surface area contributed by atoms with Gasteiger partial charge in [-0.05, 0) is 11.1 Å². The summed E-state index contributed by atoms with van der Waals surface area (Å²) in [5, 5.41) is 2.58. The molecule has 7 heteroatoms. The molecule has 1 heterocycles. The Labute approximate surface area is 162 Å². The summed E-state index contributed by atoms with van der Waals surface area (Å²) in [5.74, 6) is -0.546. The molecular weight excluding hydrogens is 358 g/mol. The minimum Gasteiger partial charge on any atom is -0.459 e. The Morgan fingerprint density at radius 2 is 1.54 bits per heavy atom. The third-order valence-electron chi connectivity index (χ3n) is 3.99. The smallest absolute Gasteiger partial charge is 0.408 e. The molecule has 0 aliphatic carbocycles. The molecule has 28 heavy (non-hydrogen) atoms. The Hall–Kier alpha value is -3.61. The molecule has 0 spiro atoms. The number of alkyl carbamates (subject to hydrolysis) is 1. The van der Waals surface area contributed by atoms with E-state index in [9.17, 15) is 9.59 Å². The maximum Gasteiger partial charge on any atom is 0.408 e. The van der Waals surface area contributed by atoms with Crippen molar-refractivity contribution in [1.29, 1.82) is 0 Å². The number of carbonyl (C=O) groups excluding carboxylic acids is 2. The van der Waals surface area contributed by atoms with E-state index in [1.54, 1.807) is 6.20 Å². The van der Waals surface area contributed by atoms with Crippen LogP contribution >= 0.6 is 0 Å². The van der Waals surface area contributed by atoms with E-state index in [2.05, 4.69) is 15.3 Å². The summed E-state index contributed by atoms with van der Waals surface area (Å²) in [6.07, 6.45) is 2.63. The first-order valence-electron chi connectivity index (χ1n) is 8.86. The van der Waals surface area contributed by atoms with E-state index in [-0.39, 0.29) is 19.6 Å². The van der Waals surface area contributed by atoms with Crippen molar-refractivity contribution in [3.63, 3.8) is 0 Å². The number of amides is 1. The minimum absolute atomic E-state index is 0.114. The summed E-state index contributed by atoms with van der Waals surface area (Å²) < 4.78 is 10.6. The number of esters is 1. The normalized spacial score (nSPS) is 11.4. The van der Waals surface area contributed by atoms with Gasteiger partial charge in [-0.2, -0.15) is 0 Å². The van der Waals surface area contributed by atoms with Crippen LogP contribution in [0.25, 0.3) is 0 Å². The summed E-state index contributed by atoms with van der Waals surface area (Å²) in [4.78, 5) is 31.5. The molecule has 0 bridgehead atoms. The molecule has 1 aromatic heterocycles. The Morgan fingerprint density at radius 3 is 2.11 bits per heavy atom. The molecule has 1 amide bonds.